The van der Waals surface area contributed by atoms with Gasteiger partial charge in [-0.2, -0.15) is 0 Å². The number of halogens is 2. The van der Waals surface area contributed by atoms with Gasteiger partial charge in [0.15, 0.2) is 0 Å². The maximum absolute atomic E-state index is 12.5. The fraction of sp³-hybridized carbons (Fsp3) is 0.111. The van der Waals surface area contributed by atoms with E-state index in [4.69, 9.17) is 16.3 Å². The Hall–Kier alpha value is -1.71. The van der Waals surface area contributed by atoms with E-state index in [1.807, 2.05) is 22.6 Å². The summed E-state index contributed by atoms with van der Waals surface area (Å²) in [5, 5.41) is 9.71. The van der Waals surface area contributed by atoms with Gasteiger partial charge in [0.2, 0.25) is 0 Å². The van der Waals surface area contributed by atoms with Gasteiger partial charge in [0, 0.05) is 0 Å². The highest BCUT2D eigenvalue weighted by molar-refractivity contribution is 14.1. The number of benzene rings is 2. The number of phenols is 1. The number of nitrogens with zero attached hydrogens (tertiary/aromatic N) is 1. The number of ether oxygens (including phenoxy) is 1. The number of carbonyl (C=O) groups excluding carboxylic acids is 2. The molecule has 0 saturated carbocycles. The van der Waals surface area contributed by atoms with Crippen molar-refractivity contribution in [1.29, 1.82) is 0 Å². The number of hydrogen-bond donors (Lipinski definition) is 1. The standard InChI is InChI=1S/C18H13ClINO4S/c19-12-3-1-2-4-15(12)25-8-7-21-17(23)16(26-18(21)24)10-11-5-6-14(22)13(20)9-11/h1-6,9-10,22H,7-8H2/b16-10-. The van der Waals surface area contributed by atoms with Crippen molar-refractivity contribution in [2.45, 2.75) is 0 Å². The monoisotopic (exact) mass is 501 g/mol. The maximum Gasteiger partial charge on any atom is 0.293 e. The van der Waals surface area contributed by atoms with Crippen LogP contribution in [0.4, 0.5) is 4.79 Å². The molecular weight excluding hydrogens is 489 g/mol. The number of carbonyl (C=O) groups is 2. The SMILES string of the molecule is O=C1S/C(=C\c2ccc(O)c(I)c2)C(=O)N1CCOc1ccccc1Cl. The minimum atomic E-state index is -0.356. The van der Waals surface area contributed by atoms with Crippen LogP contribution < -0.4 is 4.74 Å². The maximum atomic E-state index is 12.5. The first-order valence-corrected chi connectivity index (χ1v) is 9.84. The summed E-state index contributed by atoms with van der Waals surface area (Å²) in [5.74, 6) is 0.328. The van der Waals surface area contributed by atoms with Gasteiger partial charge in [-0.15, -0.1) is 0 Å². The van der Waals surface area contributed by atoms with Gasteiger partial charge in [-0.3, -0.25) is 14.5 Å². The van der Waals surface area contributed by atoms with E-state index >= 15 is 0 Å². The van der Waals surface area contributed by atoms with E-state index in [9.17, 15) is 14.7 Å². The molecule has 0 spiro atoms. The summed E-state index contributed by atoms with van der Waals surface area (Å²) >= 11 is 8.90. The van der Waals surface area contributed by atoms with Crippen molar-refractivity contribution < 1.29 is 19.4 Å². The lowest BCUT2D eigenvalue weighted by Crippen LogP contribution is -2.32. The van der Waals surface area contributed by atoms with Crippen LogP contribution in [-0.2, 0) is 4.79 Å². The second-order valence-electron chi connectivity index (χ2n) is 5.32. The number of phenolic OH excluding ortho intramolecular Hbond substituents is 1. The molecule has 0 unspecified atom stereocenters. The van der Waals surface area contributed by atoms with Crippen molar-refractivity contribution in [1.82, 2.24) is 4.90 Å². The zero-order valence-corrected chi connectivity index (χ0v) is 17.0. The zero-order valence-electron chi connectivity index (χ0n) is 13.3. The van der Waals surface area contributed by atoms with Gasteiger partial charge in [0.25, 0.3) is 11.1 Å². The molecule has 1 aliphatic heterocycles. The molecule has 134 valence electrons. The van der Waals surface area contributed by atoms with Crippen molar-refractivity contribution in [3.8, 4) is 11.5 Å². The molecule has 26 heavy (non-hydrogen) atoms. The van der Waals surface area contributed by atoms with Gasteiger partial charge in [-0.05, 0) is 70.3 Å². The molecular formula is C18H13ClINO4S. The van der Waals surface area contributed by atoms with Crippen molar-refractivity contribution in [2.75, 3.05) is 13.2 Å². The Morgan fingerprint density at radius 3 is 2.73 bits per heavy atom. The van der Waals surface area contributed by atoms with Crippen molar-refractivity contribution in [2.24, 2.45) is 0 Å². The summed E-state index contributed by atoms with van der Waals surface area (Å²) < 4.78 is 6.21. The lowest BCUT2D eigenvalue weighted by Gasteiger charge is -2.13. The van der Waals surface area contributed by atoms with E-state index in [0.717, 1.165) is 22.2 Å². The fourth-order valence-corrected chi connectivity index (χ4v) is 3.86. The molecule has 1 aliphatic rings. The Morgan fingerprint density at radius 1 is 1.23 bits per heavy atom. The van der Waals surface area contributed by atoms with Gasteiger partial charge < -0.3 is 9.84 Å². The molecule has 8 heteroatoms. The van der Waals surface area contributed by atoms with E-state index in [1.165, 1.54) is 0 Å². The van der Waals surface area contributed by atoms with Gasteiger partial charge in [0.1, 0.15) is 18.1 Å². The smallest absolute Gasteiger partial charge is 0.293 e. The number of amides is 2. The Balaban J connectivity index is 1.66. The first kappa shape index (κ1) is 19.1. The van der Waals surface area contributed by atoms with Crippen LogP contribution in [0.25, 0.3) is 6.08 Å². The topological polar surface area (TPSA) is 66.8 Å². The first-order chi connectivity index (χ1) is 12.5. The summed E-state index contributed by atoms with van der Waals surface area (Å²) in [6, 6.07) is 12.0. The number of thioether (sulfide) groups is 1. The van der Waals surface area contributed by atoms with E-state index in [1.54, 1.807) is 48.5 Å². The summed E-state index contributed by atoms with van der Waals surface area (Å²) in [6.45, 7) is 0.298. The number of para-hydroxylation sites is 1. The number of rotatable bonds is 5. The predicted octanol–water partition coefficient (Wildman–Crippen LogP) is 4.77. The van der Waals surface area contributed by atoms with Crippen LogP contribution in [0.1, 0.15) is 5.56 Å². The molecule has 5 nitrogen and oxygen atoms in total. The average molecular weight is 502 g/mol. The molecule has 2 aromatic carbocycles. The Kier molecular flexibility index (Phi) is 6.10. The van der Waals surface area contributed by atoms with E-state index in [0.29, 0.717) is 19.2 Å². The highest BCUT2D eigenvalue weighted by atomic mass is 127. The number of imide groups is 1. The molecule has 1 heterocycles. The van der Waals surface area contributed by atoms with Crippen LogP contribution in [0.3, 0.4) is 0 Å². The van der Waals surface area contributed by atoms with Crippen LogP contribution in [0.15, 0.2) is 47.4 Å². The minimum absolute atomic E-state index is 0.139. The Bertz CT molecular complexity index is 903. The molecule has 0 aliphatic carbocycles. The van der Waals surface area contributed by atoms with Crippen LogP contribution in [-0.4, -0.2) is 34.3 Å². The minimum Gasteiger partial charge on any atom is -0.507 e. The van der Waals surface area contributed by atoms with Gasteiger partial charge in [-0.25, -0.2) is 0 Å². The normalized spacial score (nSPS) is 15.8. The molecule has 2 aromatic rings. The van der Waals surface area contributed by atoms with E-state index in [-0.39, 0.29) is 30.0 Å². The molecule has 2 amide bonds. The number of aromatic hydroxyl groups is 1. The molecule has 0 atom stereocenters. The fourth-order valence-electron chi connectivity index (χ4n) is 2.27. The van der Waals surface area contributed by atoms with Crippen LogP contribution in [0.5, 0.6) is 11.5 Å². The van der Waals surface area contributed by atoms with Crippen LogP contribution >= 0.6 is 46.0 Å². The van der Waals surface area contributed by atoms with Crippen LogP contribution in [0, 0.1) is 3.57 Å². The molecule has 1 fully saturated rings. The van der Waals surface area contributed by atoms with E-state index in [2.05, 4.69) is 0 Å². The second kappa shape index (κ2) is 8.32. The molecule has 1 saturated heterocycles. The first-order valence-electron chi connectivity index (χ1n) is 7.57. The highest BCUT2D eigenvalue weighted by Crippen LogP contribution is 2.33. The summed E-state index contributed by atoms with van der Waals surface area (Å²) in [4.78, 5) is 26.1. The predicted molar refractivity (Wildman–Crippen MR) is 110 cm³/mol. The molecule has 3 rings (SSSR count). The third-order valence-electron chi connectivity index (χ3n) is 3.55. The number of hydrogen-bond acceptors (Lipinski definition) is 5. The molecule has 1 N–H and O–H groups in total. The summed E-state index contributed by atoms with van der Waals surface area (Å²) in [5.41, 5.74) is 0.741. The highest BCUT2D eigenvalue weighted by Gasteiger charge is 2.34. The summed E-state index contributed by atoms with van der Waals surface area (Å²) in [6.07, 6.45) is 1.64. The second-order valence-corrected chi connectivity index (χ2v) is 7.89. The lowest BCUT2D eigenvalue weighted by atomic mass is 10.2. The Labute approximate surface area is 173 Å². The average Bonchev–Trinajstić information content (AvgIpc) is 2.87. The molecule has 0 radical (unpaired) electrons. The zero-order chi connectivity index (χ0) is 18.7. The summed E-state index contributed by atoms with van der Waals surface area (Å²) in [7, 11) is 0. The lowest BCUT2D eigenvalue weighted by molar-refractivity contribution is -0.123. The third kappa shape index (κ3) is 4.33. The van der Waals surface area contributed by atoms with Gasteiger partial charge in [0.05, 0.1) is 20.0 Å². The van der Waals surface area contributed by atoms with Crippen molar-refractivity contribution in [3.05, 3.63) is 61.5 Å². The van der Waals surface area contributed by atoms with Gasteiger partial charge in [-0.1, -0.05) is 29.8 Å². The quantitative estimate of drug-likeness (QED) is 0.472. The van der Waals surface area contributed by atoms with Gasteiger partial charge >= 0.3 is 0 Å². The largest absolute Gasteiger partial charge is 0.507 e. The van der Waals surface area contributed by atoms with E-state index < -0.39 is 0 Å². The van der Waals surface area contributed by atoms with Crippen molar-refractivity contribution >= 4 is 63.2 Å². The molecule has 0 bridgehead atoms. The third-order valence-corrected chi connectivity index (χ3v) is 5.64. The molecule has 0 aromatic heterocycles. The Morgan fingerprint density at radius 2 is 2.00 bits per heavy atom. The van der Waals surface area contributed by atoms with Crippen molar-refractivity contribution in [3.63, 3.8) is 0 Å². The van der Waals surface area contributed by atoms with Crippen LogP contribution in [0.2, 0.25) is 5.02 Å².